The summed E-state index contributed by atoms with van der Waals surface area (Å²) in [4.78, 5) is 12.2. The Bertz CT molecular complexity index is 728. The van der Waals surface area contributed by atoms with E-state index in [2.05, 4.69) is 11.9 Å². The van der Waals surface area contributed by atoms with E-state index in [1.807, 2.05) is 0 Å². The molecule has 0 spiro atoms. The van der Waals surface area contributed by atoms with Crippen molar-refractivity contribution in [3.8, 4) is 17.2 Å². The highest BCUT2D eigenvalue weighted by molar-refractivity contribution is 5.90. The van der Waals surface area contributed by atoms with E-state index in [9.17, 15) is 4.79 Å². The molecule has 2 aromatic rings. The summed E-state index contributed by atoms with van der Waals surface area (Å²) in [5.74, 6) is 0.965. The van der Waals surface area contributed by atoms with E-state index in [4.69, 9.17) is 23.4 Å². The van der Waals surface area contributed by atoms with Crippen LogP contribution >= 0.6 is 0 Å². The van der Waals surface area contributed by atoms with Crippen molar-refractivity contribution in [1.29, 1.82) is 0 Å². The number of ether oxygens (including phenoxy) is 4. The molecule has 0 unspecified atom stereocenters. The molecule has 0 aliphatic heterocycles. The number of anilines is 1. The maximum atomic E-state index is 12.2. The van der Waals surface area contributed by atoms with Crippen LogP contribution in [0.25, 0.3) is 0 Å². The monoisotopic (exact) mass is 361 g/mol. The Morgan fingerprint density at radius 2 is 1.85 bits per heavy atom. The van der Waals surface area contributed by atoms with Gasteiger partial charge in [-0.15, -0.1) is 0 Å². The number of hydrogen-bond acceptors (Lipinski definition) is 7. The average molecular weight is 361 g/mol. The summed E-state index contributed by atoms with van der Waals surface area (Å²) in [7, 11) is 4.60. The van der Waals surface area contributed by atoms with Gasteiger partial charge in [0.15, 0.2) is 11.5 Å². The minimum Gasteiger partial charge on any atom is -0.493 e. The second-order valence-electron chi connectivity index (χ2n) is 5.29. The lowest BCUT2D eigenvalue weighted by Crippen LogP contribution is -2.20. The largest absolute Gasteiger partial charge is 0.493 e. The Morgan fingerprint density at radius 1 is 1.19 bits per heavy atom. The van der Waals surface area contributed by atoms with Crippen molar-refractivity contribution in [3.63, 3.8) is 0 Å². The Morgan fingerprint density at radius 3 is 2.31 bits per heavy atom. The summed E-state index contributed by atoms with van der Waals surface area (Å²) in [6, 6.07) is 4.69. The van der Waals surface area contributed by atoms with Gasteiger partial charge in [0.25, 0.3) is 0 Å². The first-order valence-electron chi connectivity index (χ1n) is 8.00. The van der Waals surface area contributed by atoms with Crippen LogP contribution in [0, 0.1) is 0 Å². The highest BCUT2D eigenvalue weighted by Crippen LogP contribution is 2.41. The van der Waals surface area contributed by atoms with Gasteiger partial charge in [0.05, 0.1) is 52.1 Å². The molecule has 1 atom stereocenters. The van der Waals surface area contributed by atoms with E-state index in [1.165, 1.54) is 27.6 Å². The van der Waals surface area contributed by atoms with Crippen molar-refractivity contribution in [1.82, 2.24) is 0 Å². The molecule has 7 nitrogen and oxygen atoms in total. The van der Waals surface area contributed by atoms with E-state index in [1.54, 1.807) is 31.4 Å². The minimum absolute atomic E-state index is 0.252. The Hall–Kier alpha value is -3.09. The van der Waals surface area contributed by atoms with Gasteiger partial charge in [-0.3, -0.25) is 0 Å². The average Bonchev–Trinajstić information content (AvgIpc) is 3.19. The Kier molecular flexibility index (Phi) is 6.54. The summed E-state index contributed by atoms with van der Waals surface area (Å²) in [5.41, 5.74) is 1.63. The summed E-state index contributed by atoms with van der Waals surface area (Å²) in [5, 5.41) is 3.25. The van der Waals surface area contributed by atoms with Crippen LogP contribution in [-0.2, 0) is 9.53 Å². The number of benzene rings is 1. The molecule has 26 heavy (non-hydrogen) atoms. The predicted molar refractivity (Wildman–Crippen MR) is 96.9 cm³/mol. The number of rotatable bonds is 9. The fraction of sp³-hybridized carbons (Fsp3) is 0.316. The van der Waals surface area contributed by atoms with Crippen molar-refractivity contribution in [2.45, 2.75) is 13.0 Å². The molecule has 2 rings (SSSR count). The highest BCUT2D eigenvalue weighted by Gasteiger charge is 2.24. The van der Waals surface area contributed by atoms with Gasteiger partial charge >= 0.3 is 5.97 Å². The fourth-order valence-electron chi connectivity index (χ4n) is 2.48. The summed E-state index contributed by atoms with van der Waals surface area (Å²) >= 11 is 0. The summed E-state index contributed by atoms with van der Waals surface area (Å²) in [6.07, 6.45) is 3.07. The SMILES string of the molecule is C=C(C(=O)OCC)[C@@H](Nc1cc(OC)c(OC)c(OC)c1)c1ccoc1. The Balaban J connectivity index is 2.39. The van der Waals surface area contributed by atoms with Crippen molar-refractivity contribution in [2.24, 2.45) is 0 Å². The standard InChI is InChI=1S/C19H23NO6/c1-6-26-19(21)12(2)17(13-7-8-25-11-13)20-14-9-15(22-3)18(24-5)16(10-14)23-4/h7-11,17,20H,2,6H2,1,3-5H3/t17-/m1/s1. The second kappa shape index (κ2) is 8.84. The maximum Gasteiger partial charge on any atom is 0.335 e. The molecule has 140 valence electrons. The lowest BCUT2D eigenvalue weighted by molar-refractivity contribution is -0.138. The molecular formula is C19H23NO6. The molecule has 0 aliphatic carbocycles. The third-order valence-corrected chi connectivity index (χ3v) is 3.74. The lowest BCUT2D eigenvalue weighted by Gasteiger charge is -2.22. The number of nitrogens with one attached hydrogen (secondary N) is 1. The van der Waals surface area contributed by atoms with Gasteiger partial charge in [-0.25, -0.2) is 4.79 Å². The molecule has 0 radical (unpaired) electrons. The summed E-state index contributed by atoms with van der Waals surface area (Å²) in [6.45, 7) is 5.88. The van der Waals surface area contributed by atoms with Crippen LogP contribution < -0.4 is 19.5 Å². The zero-order valence-electron chi connectivity index (χ0n) is 15.3. The number of esters is 1. The van der Waals surface area contributed by atoms with Gasteiger partial charge in [-0.05, 0) is 13.0 Å². The molecule has 1 aromatic heterocycles. The Labute approximate surface area is 152 Å². The molecule has 1 heterocycles. The van der Waals surface area contributed by atoms with Crippen LogP contribution in [0.3, 0.4) is 0 Å². The predicted octanol–water partition coefficient (Wildman–Crippen LogP) is 3.58. The molecule has 0 fully saturated rings. The first-order valence-corrected chi connectivity index (χ1v) is 8.00. The van der Waals surface area contributed by atoms with Crippen LogP contribution in [0.5, 0.6) is 17.2 Å². The van der Waals surface area contributed by atoms with E-state index >= 15 is 0 Å². The third kappa shape index (κ3) is 4.11. The maximum absolute atomic E-state index is 12.2. The quantitative estimate of drug-likeness (QED) is 0.540. The number of carbonyl (C=O) groups excluding carboxylic acids is 1. The molecule has 0 amide bonds. The van der Waals surface area contributed by atoms with Crippen LogP contribution in [0.1, 0.15) is 18.5 Å². The number of methoxy groups -OCH3 is 3. The van der Waals surface area contributed by atoms with E-state index < -0.39 is 12.0 Å². The van der Waals surface area contributed by atoms with Crippen LogP contribution in [0.15, 0.2) is 47.3 Å². The molecular weight excluding hydrogens is 338 g/mol. The highest BCUT2D eigenvalue weighted by atomic mass is 16.5. The second-order valence-corrected chi connectivity index (χ2v) is 5.29. The number of furan rings is 1. The number of hydrogen-bond donors (Lipinski definition) is 1. The molecule has 0 bridgehead atoms. The zero-order valence-corrected chi connectivity index (χ0v) is 15.3. The third-order valence-electron chi connectivity index (χ3n) is 3.74. The van der Waals surface area contributed by atoms with E-state index in [0.717, 1.165) is 5.56 Å². The van der Waals surface area contributed by atoms with Gasteiger partial charge in [-0.1, -0.05) is 6.58 Å². The first-order chi connectivity index (χ1) is 12.5. The first kappa shape index (κ1) is 19.2. The fourth-order valence-corrected chi connectivity index (χ4v) is 2.48. The molecule has 1 aromatic carbocycles. The van der Waals surface area contributed by atoms with Crippen molar-refractivity contribution < 1.29 is 28.2 Å². The van der Waals surface area contributed by atoms with E-state index in [-0.39, 0.29) is 12.2 Å². The van der Waals surface area contributed by atoms with Gasteiger partial charge in [-0.2, -0.15) is 0 Å². The van der Waals surface area contributed by atoms with Crippen molar-refractivity contribution in [3.05, 3.63) is 48.4 Å². The van der Waals surface area contributed by atoms with Crippen LogP contribution in [-0.4, -0.2) is 33.9 Å². The minimum atomic E-state index is -0.546. The van der Waals surface area contributed by atoms with E-state index in [0.29, 0.717) is 22.9 Å². The number of carbonyl (C=O) groups is 1. The topological polar surface area (TPSA) is 79.2 Å². The molecule has 0 saturated carbocycles. The van der Waals surface area contributed by atoms with Crippen LogP contribution in [0.2, 0.25) is 0 Å². The normalized spacial score (nSPS) is 11.4. The smallest absolute Gasteiger partial charge is 0.335 e. The molecule has 7 heteroatoms. The van der Waals surface area contributed by atoms with Crippen LogP contribution in [0.4, 0.5) is 5.69 Å². The summed E-state index contributed by atoms with van der Waals surface area (Å²) < 4.78 is 26.3. The van der Waals surface area contributed by atoms with Crippen molar-refractivity contribution in [2.75, 3.05) is 33.3 Å². The van der Waals surface area contributed by atoms with Gasteiger partial charge in [0, 0.05) is 23.4 Å². The molecule has 0 saturated heterocycles. The lowest BCUT2D eigenvalue weighted by atomic mass is 10.0. The zero-order chi connectivity index (χ0) is 19.1. The molecule has 0 aliphatic rings. The van der Waals surface area contributed by atoms with Gasteiger partial charge in [0.1, 0.15) is 0 Å². The van der Waals surface area contributed by atoms with Gasteiger partial charge < -0.3 is 28.7 Å². The van der Waals surface area contributed by atoms with Crippen molar-refractivity contribution >= 4 is 11.7 Å². The van der Waals surface area contributed by atoms with Gasteiger partial charge in [0.2, 0.25) is 5.75 Å². The molecule has 1 N–H and O–H groups in total.